The van der Waals surface area contributed by atoms with Crippen LogP contribution in [0.5, 0.6) is 0 Å². The predicted octanol–water partition coefficient (Wildman–Crippen LogP) is 7.75. The van der Waals surface area contributed by atoms with Gasteiger partial charge in [0.05, 0.1) is 0 Å². The Morgan fingerprint density at radius 2 is 1.30 bits per heavy atom. The summed E-state index contributed by atoms with van der Waals surface area (Å²) in [5, 5.41) is 1.14. The molecule has 4 aromatic carbocycles. The van der Waals surface area contributed by atoms with Crippen molar-refractivity contribution in [3.05, 3.63) is 156 Å². The molecule has 0 radical (unpaired) electrons. The highest BCUT2D eigenvalue weighted by Gasteiger charge is 2.57. The Labute approximate surface area is 252 Å². The fraction of sp³-hybridized carbons (Fsp3) is 0.211. The monoisotopic (exact) mass is 569 g/mol. The van der Waals surface area contributed by atoms with Crippen LogP contribution in [0.1, 0.15) is 41.0 Å². The van der Waals surface area contributed by atoms with Crippen LogP contribution in [0.25, 0.3) is 10.9 Å². The topological polar surface area (TPSA) is 57.5 Å². The zero-order valence-electron chi connectivity index (χ0n) is 24.3. The number of para-hydroxylation sites is 1. The van der Waals surface area contributed by atoms with Crippen molar-refractivity contribution in [2.24, 2.45) is 18.4 Å². The first-order chi connectivity index (χ1) is 21.0. The van der Waals surface area contributed by atoms with Crippen molar-refractivity contribution in [1.82, 2.24) is 4.57 Å². The van der Waals surface area contributed by atoms with Gasteiger partial charge in [0.2, 0.25) is 0 Å². The van der Waals surface area contributed by atoms with Crippen LogP contribution in [-0.4, -0.2) is 16.5 Å². The molecule has 0 N–H and O–H groups in total. The van der Waals surface area contributed by atoms with Gasteiger partial charge in [0.15, 0.2) is 5.41 Å². The number of carbonyl (C=O) groups is 2. The molecule has 5 aromatic rings. The molecule has 5 nitrogen and oxygen atoms in total. The lowest BCUT2D eigenvalue weighted by molar-refractivity contribution is -0.174. The number of allylic oxidation sites excluding steroid dienone is 1. The summed E-state index contributed by atoms with van der Waals surface area (Å²) in [5.41, 5.74) is 4.43. The number of rotatable bonds is 9. The molecular weight excluding hydrogens is 534 g/mol. The van der Waals surface area contributed by atoms with E-state index in [1.807, 2.05) is 98.0 Å². The van der Waals surface area contributed by atoms with E-state index in [9.17, 15) is 9.59 Å². The van der Waals surface area contributed by atoms with Crippen molar-refractivity contribution in [2.75, 3.05) is 0 Å². The SMILES string of the molecule is C=C1CC(C(=O)OCc2ccccc2)(C(=O)OCc2ccccc2)C[C@H]1[C@@H](c1ccccc1)c1cn(C)c2ccccc12. The van der Waals surface area contributed by atoms with Crippen LogP contribution in [0.2, 0.25) is 0 Å². The quantitative estimate of drug-likeness (QED) is 0.103. The summed E-state index contributed by atoms with van der Waals surface area (Å²) >= 11 is 0. The summed E-state index contributed by atoms with van der Waals surface area (Å²) < 4.78 is 13.9. The molecule has 2 atom stereocenters. The third-order valence-corrected chi connectivity index (χ3v) is 8.65. The Morgan fingerprint density at radius 1 is 0.791 bits per heavy atom. The molecule has 0 saturated heterocycles. The highest BCUT2D eigenvalue weighted by molar-refractivity contribution is 6.01. The maximum atomic E-state index is 14.0. The second-order valence-corrected chi connectivity index (χ2v) is 11.5. The van der Waals surface area contributed by atoms with Gasteiger partial charge in [0, 0.05) is 30.1 Å². The Hall–Kier alpha value is -4.90. The van der Waals surface area contributed by atoms with Crippen molar-refractivity contribution in [3.8, 4) is 0 Å². The number of hydrogen-bond acceptors (Lipinski definition) is 4. The van der Waals surface area contributed by atoms with Gasteiger partial charge in [0.1, 0.15) is 13.2 Å². The largest absolute Gasteiger partial charge is 0.460 e. The maximum absolute atomic E-state index is 14.0. The summed E-state index contributed by atoms with van der Waals surface area (Å²) in [6, 6.07) is 37.6. The minimum atomic E-state index is -1.50. The van der Waals surface area contributed by atoms with E-state index in [1.54, 1.807) is 0 Å². The number of aromatic nitrogens is 1. The van der Waals surface area contributed by atoms with Crippen molar-refractivity contribution in [2.45, 2.75) is 32.0 Å². The highest BCUT2D eigenvalue weighted by atomic mass is 16.6. The van der Waals surface area contributed by atoms with Gasteiger partial charge in [-0.3, -0.25) is 9.59 Å². The highest BCUT2D eigenvalue weighted by Crippen LogP contribution is 2.54. The van der Waals surface area contributed by atoms with Gasteiger partial charge in [-0.05, 0) is 47.1 Å². The zero-order chi connectivity index (χ0) is 29.8. The van der Waals surface area contributed by atoms with Crippen LogP contribution >= 0.6 is 0 Å². The van der Waals surface area contributed by atoms with E-state index >= 15 is 0 Å². The van der Waals surface area contributed by atoms with Gasteiger partial charge < -0.3 is 14.0 Å². The predicted molar refractivity (Wildman–Crippen MR) is 168 cm³/mol. The standard InChI is InChI=1S/C38H35NO4/c1-27-22-38(36(40)42-25-28-14-6-3-7-15-28,37(41)43-26-29-16-8-4-9-17-29)23-32(27)35(30-18-10-5-11-19-30)33-24-39(2)34-21-13-12-20-31(33)34/h3-21,24,32,35H,1,22-23,25-26H2,2H3/t32-,35-/m1/s1. The Balaban J connectivity index is 1.38. The molecular formula is C38H35NO4. The van der Waals surface area contributed by atoms with Gasteiger partial charge in [0.25, 0.3) is 0 Å². The lowest BCUT2D eigenvalue weighted by Crippen LogP contribution is -2.40. The van der Waals surface area contributed by atoms with Crippen molar-refractivity contribution < 1.29 is 19.1 Å². The minimum Gasteiger partial charge on any atom is -0.460 e. The molecule has 1 fully saturated rings. The summed E-state index contributed by atoms with van der Waals surface area (Å²) in [5.74, 6) is -1.45. The minimum absolute atomic E-state index is 0.0793. The molecule has 1 heterocycles. The number of carbonyl (C=O) groups excluding carboxylic acids is 2. The molecule has 216 valence electrons. The van der Waals surface area contributed by atoms with E-state index in [2.05, 4.69) is 41.6 Å². The fourth-order valence-electron chi connectivity index (χ4n) is 6.49. The van der Waals surface area contributed by atoms with Gasteiger partial charge in [-0.2, -0.15) is 0 Å². The van der Waals surface area contributed by atoms with Crippen molar-refractivity contribution in [1.29, 1.82) is 0 Å². The average molecular weight is 570 g/mol. The second-order valence-electron chi connectivity index (χ2n) is 11.5. The second kappa shape index (κ2) is 12.1. The summed E-state index contributed by atoms with van der Waals surface area (Å²) in [6.45, 7) is 4.63. The first-order valence-corrected chi connectivity index (χ1v) is 14.6. The molecule has 0 aliphatic heterocycles. The number of ether oxygens (including phenoxy) is 2. The molecule has 6 rings (SSSR count). The smallest absolute Gasteiger partial charge is 0.324 e. The van der Waals surface area contributed by atoms with E-state index in [4.69, 9.17) is 9.47 Å². The van der Waals surface area contributed by atoms with Crippen LogP contribution in [0, 0.1) is 11.3 Å². The number of benzene rings is 4. The van der Waals surface area contributed by atoms with Gasteiger partial charge in [-0.25, -0.2) is 0 Å². The maximum Gasteiger partial charge on any atom is 0.324 e. The van der Waals surface area contributed by atoms with Crippen molar-refractivity contribution >= 4 is 22.8 Å². The number of nitrogens with zero attached hydrogens (tertiary/aromatic N) is 1. The Bertz CT molecular complexity index is 1690. The van der Waals surface area contributed by atoms with E-state index in [1.165, 1.54) is 0 Å². The van der Waals surface area contributed by atoms with Crippen molar-refractivity contribution in [3.63, 3.8) is 0 Å². The molecule has 1 aliphatic rings. The number of hydrogen-bond donors (Lipinski definition) is 0. The Kier molecular flexibility index (Phi) is 7.97. The van der Waals surface area contributed by atoms with Crippen LogP contribution in [0.4, 0.5) is 0 Å². The van der Waals surface area contributed by atoms with E-state index < -0.39 is 17.4 Å². The molecule has 0 amide bonds. The molecule has 0 unspecified atom stereocenters. The number of aryl methyl sites for hydroxylation is 1. The van der Waals surface area contributed by atoms with E-state index in [0.717, 1.165) is 38.7 Å². The van der Waals surface area contributed by atoms with Crippen LogP contribution in [0.15, 0.2) is 134 Å². The summed E-state index contributed by atoms with van der Waals surface area (Å²) in [4.78, 5) is 28.1. The van der Waals surface area contributed by atoms with E-state index in [-0.39, 0.29) is 37.9 Å². The van der Waals surface area contributed by atoms with Gasteiger partial charge in [-0.15, -0.1) is 0 Å². The van der Waals surface area contributed by atoms with E-state index in [0.29, 0.717) is 0 Å². The number of esters is 2. The van der Waals surface area contributed by atoms with Crippen LogP contribution in [-0.2, 0) is 39.3 Å². The summed E-state index contributed by atoms with van der Waals surface area (Å²) in [6.07, 6.45) is 2.58. The van der Waals surface area contributed by atoms with Gasteiger partial charge in [-0.1, -0.05) is 121 Å². The first kappa shape index (κ1) is 28.2. The van der Waals surface area contributed by atoms with Crippen LogP contribution in [0.3, 0.4) is 0 Å². The third-order valence-electron chi connectivity index (χ3n) is 8.65. The lowest BCUT2D eigenvalue weighted by atomic mass is 9.76. The number of fused-ring (bicyclic) bond motifs is 1. The zero-order valence-corrected chi connectivity index (χ0v) is 24.3. The third kappa shape index (κ3) is 5.63. The normalized spacial score (nSPS) is 16.6. The first-order valence-electron chi connectivity index (χ1n) is 14.6. The molecule has 1 aliphatic carbocycles. The molecule has 0 spiro atoms. The lowest BCUT2D eigenvalue weighted by Gasteiger charge is -2.28. The molecule has 5 heteroatoms. The summed E-state index contributed by atoms with van der Waals surface area (Å²) in [7, 11) is 2.05. The van der Waals surface area contributed by atoms with Crippen LogP contribution < -0.4 is 0 Å². The average Bonchev–Trinajstić information content (AvgIpc) is 3.58. The Morgan fingerprint density at radius 3 is 1.88 bits per heavy atom. The van der Waals surface area contributed by atoms with Gasteiger partial charge >= 0.3 is 11.9 Å². The molecule has 1 aromatic heterocycles. The molecule has 43 heavy (non-hydrogen) atoms. The molecule has 0 bridgehead atoms. The fourth-order valence-corrected chi connectivity index (χ4v) is 6.49. The molecule has 1 saturated carbocycles.